The Bertz CT molecular complexity index is 102. The Morgan fingerprint density at radius 2 is 1.00 bits per heavy atom. The molecule has 0 bridgehead atoms. The fraction of sp³-hybridized carbons (Fsp3) is 0. The Balaban J connectivity index is -0.00000000533. The van der Waals surface area contributed by atoms with Crippen molar-refractivity contribution in [2.24, 2.45) is 0 Å². The Labute approximate surface area is 75.3 Å². The molecule has 11 heteroatoms. The van der Waals surface area contributed by atoms with Crippen LogP contribution in [-0.2, 0) is 27.2 Å². The zero-order valence-corrected chi connectivity index (χ0v) is 7.08. The van der Waals surface area contributed by atoms with Crippen LogP contribution in [0.2, 0.25) is 0 Å². The molecule has 0 saturated carbocycles. The summed E-state index contributed by atoms with van der Waals surface area (Å²) < 4.78 is 31.6. The molecule has 0 rings (SSSR count). The molecule has 0 heterocycles. The summed E-state index contributed by atoms with van der Waals surface area (Å²) in [6.07, 6.45) is 0. The second-order valence-electron chi connectivity index (χ2n) is 0.454. The largest absolute Gasteiger partial charge is 3.00 e. The minimum atomic E-state index is -4.67. The van der Waals surface area contributed by atoms with E-state index >= 15 is 0 Å². The van der Waals surface area contributed by atoms with E-state index in [1.54, 1.807) is 0 Å². The molecular weight excluding hydrogens is 227 g/mol. The molecule has 0 aliphatic carbocycles. The Morgan fingerprint density at radius 3 is 1.00 bits per heavy atom. The molecule has 0 aromatic carbocycles. The summed E-state index contributed by atoms with van der Waals surface area (Å²) in [5, 5.41) is 0. The van der Waals surface area contributed by atoms with Gasteiger partial charge in [0, 0.05) is 0 Å². The van der Waals surface area contributed by atoms with Crippen LogP contribution in [0.4, 0.5) is 0 Å². The summed E-state index contributed by atoms with van der Waals surface area (Å²) in [6.45, 7) is 0. The molecular formula is H11CoN4O5S-2. The number of nitrogens with two attached hydrogens (primary N) is 4. The van der Waals surface area contributed by atoms with E-state index in [0.717, 1.165) is 0 Å². The van der Waals surface area contributed by atoms with Gasteiger partial charge in [0.1, 0.15) is 0 Å². The minimum absolute atomic E-state index is 0. The van der Waals surface area contributed by atoms with Crippen LogP contribution >= 0.6 is 0 Å². The van der Waals surface area contributed by atoms with Crippen molar-refractivity contribution in [3.8, 4) is 0 Å². The van der Waals surface area contributed by atoms with Gasteiger partial charge in [-0.05, 0) is 0 Å². The van der Waals surface area contributed by atoms with E-state index in [0.29, 0.717) is 0 Å². The third kappa shape index (κ3) is 21800. The summed E-state index contributed by atoms with van der Waals surface area (Å²) in [5.74, 6) is 0. The van der Waals surface area contributed by atoms with Crippen LogP contribution in [0.5, 0.6) is 0 Å². The molecule has 11 heavy (non-hydrogen) atoms. The van der Waals surface area contributed by atoms with Crippen LogP contribution in [-0.4, -0.2) is 23.0 Å². The SMILES string of the molecule is O=S(=O)([O-])[OH2+].[Co+3].[NH2-].[NH2-].[NH2-].[NH2-].[OH-]. The maximum Gasteiger partial charge on any atom is 3.00 e. The third-order valence-electron chi connectivity index (χ3n) is 0. The van der Waals surface area contributed by atoms with Gasteiger partial charge in [0.2, 0.25) is 0 Å². The first kappa shape index (κ1) is 66.4. The van der Waals surface area contributed by atoms with E-state index in [-0.39, 0.29) is 46.9 Å². The van der Waals surface area contributed by atoms with Crippen LogP contribution in [0.25, 0.3) is 24.6 Å². The van der Waals surface area contributed by atoms with Crippen LogP contribution in [0, 0.1) is 0 Å². The summed E-state index contributed by atoms with van der Waals surface area (Å²) in [4.78, 5) is 0. The van der Waals surface area contributed by atoms with Crippen molar-refractivity contribution in [3.63, 3.8) is 0 Å². The van der Waals surface area contributed by atoms with E-state index in [1.807, 2.05) is 0 Å². The van der Waals surface area contributed by atoms with Gasteiger partial charge in [-0.1, -0.05) is 0 Å². The predicted molar refractivity (Wildman–Crippen MR) is 36.4 cm³/mol. The van der Waals surface area contributed by atoms with Crippen molar-refractivity contribution in [1.29, 1.82) is 0 Å². The normalized spacial score (nSPS) is 5.27. The van der Waals surface area contributed by atoms with Crippen molar-refractivity contribution < 1.29 is 39.8 Å². The smallest absolute Gasteiger partial charge is 0.870 e. The van der Waals surface area contributed by atoms with Gasteiger partial charge in [-0.25, -0.2) is 0 Å². The van der Waals surface area contributed by atoms with Gasteiger partial charge in [-0.3, -0.25) is 0 Å². The van der Waals surface area contributed by atoms with E-state index < -0.39 is 10.4 Å². The van der Waals surface area contributed by atoms with Crippen LogP contribution in [0.3, 0.4) is 0 Å². The molecule has 0 atom stereocenters. The van der Waals surface area contributed by atoms with Gasteiger partial charge < -0.3 is 39.2 Å². The molecule has 0 radical (unpaired) electrons. The van der Waals surface area contributed by atoms with Gasteiger partial charge in [-0.15, -0.1) is 0 Å². The number of rotatable bonds is 0. The van der Waals surface area contributed by atoms with Crippen molar-refractivity contribution in [3.05, 3.63) is 24.6 Å². The molecule has 0 fully saturated rings. The van der Waals surface area contributed by atoms with Gasteiger partial charge in [0.05, 0.1) is 0 Å². The average Bonchev–Trinajstić information content (AvgIpc) is 0.722. The third-order valence-corrected chi connectivity index (χ3v) is 0. The van der Waals surface area contributed by atoms with E-state index in [2.05, 4.69) is 0 Å². The summed E-state index contributed by atoms with van der Waals surface area (Å²) in [7, 11) is -4.67. The van der Waals surface area contributed by atoms with Gasteiger partial charge in [0.15, 0.2) is 0 Å². The first-order valence-electron chi connectivity index (χ1n) is 0.704. The standard InChI is InChI=1S/Co.4H2N.H2O4S.H2O/c;;;;;1-5(2,3)4;/h;4*1H2;(H2,1,2,3,4);1H2/q+3;4*-1;;/p-1. The second-order valence-corrected chi connectivity index (χ2v) is 1.36. The molecule has 0 aliphatic heterocycles. The first-order valence-corrected chi connectivity index (χ1v) is 2.11. The summed E-state index contributed by atoms with van der Waals surface area (Å²) in [6, 6.07) is 0. The number of hydrogen-bond acceptors (Lipinski definition) is 4. The molecule has 0 unspecified atom stereocenters. The van der Waals surface area contributed by atoms with Gasteiger partial charge in [-0.2, -0.15) is 8.42 Å². The van der Waals surface area contributed by atoms with E-state index in [1.165, 1.54) is 0 Å². The molecule has 0 saturated heterocycles. The first-order chi connectivity index (χ1) is 2.00. The summed E-state index contributed by atoms with van der Waals surface area (Å²) in [5.41, 5.74) is 0. The van der Waals surface area contributed by atoms with E-state index in [4.69, 9.17) is 17.5 Å². The molecule has 0 aliphatic rings. The Hall–Kier alpha value is 0.176. The van der Waals surface area contributed by atoms with Crippen molar-refractivity contribution in [1.82, 2.24) is 0 Å². The maximum atomic E-state index is 8.74. The van der Waals surface area contributed by atoms with Crippen molar-refractivity contribution in [2.45, 2.75) is 0 Å². The Morgan fingerprint density at radius 1 is 1.00 bits per heavy atom. The monoisotopic (exact) mass is 238 g/mol. The molecule has 78 valence electrons. The Kier molecular flexibility index (Phi) is 136. The van der Waals surface area contributed by atoms with Crippen LogP contribution < -0.4 is 0 Å². The fourth-order valence-electron chi connectivity index (χ4n) is 0. The quantitative estimate of drug-likeness (QED) is 0.337. The zero-order valence-electron chi connectivity index (χ0n) is 5.22. The van der Waals surface area contributed by atoms with Crippen molar-refractivity contribution in [2.75, 3.05) is 0 Å². The van der Waals surface area contributed by atoms with Crippen LogP contribution in [0.15, 0.2) is 0 Å². The number of hydrogen-bond donors (Lipinski definition) is 0. The average molecular weight is 238 g/mol. The molecule has 9 nitrogen and oxygen atoms in total. The molecule has 0 aromatic heterocycles. The van der Waals surface area contributed by atoms with Gasteiger partial charge >= 0.3 is 27.2 Å². The zero-order chi connectivity index (χ0) is 4.50. The van der Waals surface area contributed by atoms with E-state index in [9.17, 15) is 0 Å². The fourth-order valence-corrected chi connectivity index (χ4v) is 0. The van der Waals surface area contributed by atoms with Crippen LogP contribution in [0.1, 0.15) is 0 Å². The topological polar surface area (TPSA) is 244 Å². The van der Waals surface area contributed by atoms with Gasteiger partial charge in [0.25, 0.3) is 0 Å². The van der Waals surface area contributed by atoms with Crippen molar-refractivity contribution >= 4 is 10.4 Å². The molecule has 0 amide bonds. The molecule has 0 spiro atoms. The predicted octanol–water partition coefficient (Wildman–Crippen LogP) is 0.860. The maximum absolute atomic E-state index is 8.74. The summed E-state index contributed by atoms with van der Waals surface area (Å²) >= 11 is 0. The second kappa shape index (κ2) is 22.5. The minimum Gasteiger partial charge on any atom is -0.870 e. The molecule has 0 aromatic rings. The molecule has 11 N–H and O–H groups in total.